The van der Waals surface area contributed by atoms with E-state index in [4.69, 9.17) is 17.0 Å². The van der Waals surface area contributed by atoms with Gasteiger partial charge in [0, 0.05) is 0 Å². The van der Waals surface area contributed by atoms with Crippen LogP contribution in [0.2, 0.25) is 0 Å². The third kappa shape index (κ3) is 4.22. The van der Waals surface area contributed by atoms with Gasteiger partial charge in [0.25, 0.3) is 5.91 Å². The average molecular weight is 406 g/mol. The summed E-state index contributed by atoms with van der Waals surface area (Å²) in [5, 5.41) is 2.60. The molecule has 0 aromatic heterocycles. The van der Waals surface area contributed by atoms with Crippen LogP contribution >= 0.6 is 39.9 Å². The Balaban J connectivity index is 1.72. The molecule has 0 aliphatic carbocycles. The van der Waals surface area contributed by atoms with Gasteiger partial charge in [0.05, 0.1) is 9.38 Å². The van der Waals surface area contributed by atoms with E-state index < -0.39 is 0 Å². The maximum atomic E-state index is 11.7. The summed E-state index contributed by atoms with van der Waals surface area (Å²) in [4.78, 5) is 12.3. The number of thiocarbonyl (C=S) groups is 1. The molecule has 0 saturated carbocycles. The van der Waals surface area contributed by atoms with Crippen LogP contribution < -0.4 is 10.1 Å². The number of ether oxygens (including phenoxy) is 1. The van der Waals surface area contributed by atoms with Gasteiger partial charge in [-0.2, -0.15) is 0 Å². The Morgan fingerprint density at radius 1 is 1.22 bits per heavy atom. The first kappa shape index (κ1) is 16.2. The molecule has 0 unspecified atom stereocenters. The summed E-state index contributed by atoms with van der Waals surface area (Å²) in [5.41, 5.74) is 2.02. The topological polar surface area (TPSA) is 38.3 Å². The van der Waals surface area contributed by atoms with Gasteiger partial charge >= 0.3 is 0 Å². The molecule has 1 aliphatic heterocycles. The number of benzene rings is 2. The van der Waals surface area contributed by atoms with E-state index in [1.54, 1.807) is 0 Å². The Morgan fingerprint density at radius 2 is 2.00 bits per heavy atom. The minimum atomic E-state index is -0.152. The molecular formula is C17H12BrNO2S2. The molecule has 0 spiro atoms. The fourth-order valence-corrected chi connectivity index (χ4v) is 3.59. The zero-order chi connectivity index (χ0) is 16.2. The van der Waals surface area contributed by atoms with E-state index in [1.165, 1.54) is 11.8 Å². The molecule has 0 radical (unpaired) electrons. The molecule has 3 rings (SSSR count). The van der Waals surface area contributed by atoms with Crippen LogP contribution in [0.25, 0.3) is 6.08 Å². The summed E-state index contributed by atoms with van der Waals surface area (Å²) < 4.78 is 7.14. The second kappa shape index (κ2) is 7.29. The van der Waals surface area contributed by atoms with E-state index in [9.17, 15) is 4.79 Å². The van der Waals surface area contributed by atoms with E-state index in [-0.39, 0.29) is 5.91 Å². The molecule has 2 aromatic rings. The van der Waals surface area contributed by atoms with Crippen LogP contribution in [-0.2, 0) is 11.4 Å². The number of nitrogens with one attached hydrogen (secondary N) is 1. The summed E-state index contributed by atoms with van der Waals surface area (Å²) in [5.74, 6) is 0.607. The maximum absolute atomic E-state index is 11.7. The molecular weight excluding hydrogens is 394 g/mol. The molecule has 1 fully saturated rings. The highest BCUT2D eigenvalue weighted by Gasteiger charge is 2.21. The molecule has 1 saturated heterocycles. The normalized spacial score (nSPS) is 15.8. The quantitative estimate of drug-likeness (QED) is 0.599. The number of hydrogen-bond donors (Lipinski definition) is 1. The molecule has 2 aromatic carbocycles. The first-order chi connectivity index (χ1) is 11.1. The molecule has 23 heavy (non-hydrogen) atoms. The Bertz CT molecular complexity index is 790. The molecule has 6 heteroatoms. The van der Waals surface area contributed by atoms with Crippen molar-refractivity contribution < 1.29 is 9.53 Å². The van der Waals surface area contributed by atoms with Crippen molar-refractivity contribution in [2.45, 2.75) is 6.61 Å². The van der Waals surface area contributed by atoms with Crippen LogP contribution in [0.15, 0.2) is 57.9 Å². The Morgan fingerprint density at radius 3 is 2.65 bits per heavy atom. The van der Waals surface area contributed by atoms with Crippen LogP contribution in [0, 0.1) is 0 Å². The smallest absolute Gasteiger partial charge is 0.263 e. The zero-order valence-electron chi connectivity index (χ0n) is 11.9. The Labute approximate surface area is 152 Å². The van der Waals surface area contributed by atoms with Gasteiger partial charge in [-0.3, -0.25) is 4.79 Å². The van der Waals surface area contributed by atoms with Crippen LogP contribution in [0.5, 0.6) is 5.75 Å². The van der Waals surface area contributed by atoms with Gasteiger partial charge in [0.2, 0.25) is 0 Å². The molecule has 1 amide bonds. The van der Waals surface area contributed by atoms with Crippen molar-refractivity contribution in [3.05, 3.63) is 69.0 Å². The fraction of sp³-hybridized carbons (Fsp3) is 0.0588. The molecule has 1 N–H and O–H groups in total. The lowest BCUT2D eigenvalue weighted by Crippen LogP contribution is -2.17. The predicted octanol–water partition coefficient (Wildman–Crippen LogP) is 4.52. The molecule has 1 heterocycles. The lowest BCUT2D eigenvalue weighted by atomic mass is 10.2. The highest BCUT2D eigenvalue weighted by Crippen LogP contribution is 2.30. The van der Waals surface area contributed by atoms with Gasteiger partial charge in [0.15, 0.2) is 0 Å². The summed E-state index contributed by atoms with van der Waals surface area (Å²) >= 11 is 9.76. The monoisotopic (exact) mass is 405 g/mol. The lowest BCUT2D eigenvalue weighted by Gasteiger charge is -2.09. The average Bonchev–Trinajstić information content (AvgIpc) is 2.85. The minimum Gasteiger partial charge on any atom is -0.488 e. The number of carbonyl (C=O) groups is 1. The van der Waals surface area contributed by atoms with Gasteiger partial charge in [-0.1, -0.05) is 60.4 Å². The second-order valence-electron chi connectivity index (χ2n) is 4.82. The van der Waals surface area contributed by atoms with E-state index in [0.717, 1.165) is 21.3 Å². The molecule has 0 bridgehead atoms. The highest BCUT2D eigenvalue weighted by molar-refractivity contribution is 9.10. The van der Waals surface area contributed by atoms with Gasteiger partial charge < -0.3 is 10.1 Å². The lowest BCUT2D eigenvalue weighted by molar-refractivity contribution is -0.115. The number of carbonyl (C=O) groups excluding carboxylic acids is 1. The summed E-state index contributed by atoms with van der Waals surface area (Å²) in [6.07, 6.45) is 1.81. The predicted molar refractivity (Wildman–Crippen MR) is 101 cm³/mol. The molecule has 1 aliphatic rings. The largest absolute Gasteiger partial charge is 0.488 e. The van der Waals surface area contributed by atoms with Crippen molar-refractivity contribution >= 4 is 56.2 Å². The molecule has 3 nitrogen and oxygen atoms in total. The van der Waals surface area contributed by atoms with E-state index >= 15 is 0 Å². The van der Waals surface area contributed by atoms with Gasteiger partial charge in [-0.15, -0.1) is 0 Å². The summed E-state index contributed by atoms with van der Waals surface area (Å²) in [7, 11) is 0. The van der Waals surface area contributed by atoms with Crippen LogP contribution in [-0.4, -0.2) is 10.2 Å². The Hall–Kier alpha value is -1.63. The highest BCUT2D eigenvalue weighted by atomic mass is 79.9. The van der Waals surface area contributed by atoms with Crippen LogP contribution in [0.4, 0.5) is 0 Å². The maximum Gasteiger partial charge on any atom is 0.263 e. The van der Waals surface area contributed by atoms with Crippen molar-refractivity contribution in [2.24, 2.45) is 0 Å². The third-order valence-corrected chi connectivity index (χ3v) is 4.92. The number of amides is 1. The Kier molecular flexibility index (Phi) is 5.15. The van der Waals surface area contributed by atoms with E-state index in [1.807, 2.05) is 54.6 Å². The van der Waals surface area contributed by atoms with Gasteiger partial charge in [-0.25, -0.2) is 0 Å². The van der Waals surface area contributed by atoms with Crippen molar-refractivity contribution in [1.29, 1.82) is 0 Å². The zero-order valence-corrected chi connectivity index (χ0v) is 15.1. The fourth-order valence-electron chi connectivity index (χ4n) is 2.03. The summed E-state index contributed by atoms with van der Waals surface area (Å²) in [6.45, 7) is 0.506. The number of halogens is 1. The number of rotatable bonds is 4. The van der Waals surface area contributed by atoms with Gasteiger partial charge in [-0.05, 0) is 45.3 Å². The minimum absolute atomic E-state index is 0.152. The molecule has 0 atom stereocenters. The first-order valence-corrected chi connectivity index (χ1v) is 8.85. The van der Waals surface area contributed by atoms with Crippen molar-refractivity contribution in [3.63, 3.8) is 0 Å². The second-order valence-corrected chi connectivity index (χ2v) is 7.39. The van der Waals surface area contributed by atoms with Crippen LogP contribution in [0.3, 0.4) is 0 Å². The SMILES string of the molecule is O=C1NC(=S)SC1=Cc1ccc(OCc2ccccc2)c(Br)c1. The van der Waals surface area contributed by atoms with Crippen molar-refractivity contribution in [1.82, 2.24) is 5.32 Å². The van der Waals surface area contributed by atoms with Crippen molar-refractivity contribution in [3.8, 4) is 5.75 Å². The van der Waals surface area contributed by atoms with Crippen molar-refractivity contribution in [2.75, 3.05) is 0 Å². The van der Waals surface area contributed by atoms with Gasteiger partial charge in [0.1, 0.15) is 16.7 Å². The first-order valence-electron chi connectivity index (χ1n) is 6.83. The number of thioether (sulfide) groups is 1. The van der Waals surface area contributed by atoms with E-state index in [0.29, 0.717) is 15.8 Å². The van der Waals surface area contributed by atoms with Crippen LogP contribution in [0.1, 0.15) is 11.1 Å². The molecule has 116 valence electrons. The number of hydrogen-bond acceptors (Lipinski definition) is 4. The summed E-state index contributed by atoms with van der Waals surface area (Å²) in [6, 6.07) is 15.7. The van der Waals surface area contributed by atoms with E-state index in [2.05, 4.69) is 21.2 Å². The standard InChI is InChI=1S/C17H12BrNO2S2/c18-13-8-12(9-15-16(20)19-17(22)23-15)6-7-14(13)21-10-11-4-2-1-3-5-11/h1-9H,10H2,(H,19,20,22). The third-order valence-electron chi connectivity index (χ3n) is 3.13.